The van der Waals surface area contributed by atoms with Crippen molar-refractivity contribution in [2.75, 3.05) is 20.3 Å². The first kappa shape index (κ1) is 16.0. The Kier molecular flexibility index (Phi) is 6.21. The van der Waals surface area contributed by atoms with Gasteiger partial charge in [-0.15, -0.1) is 0 Å². The Bertz CT molecular complexity index is 429. The van der Waals surface area contributed by atoms with E-state index in [-0.39, 0.29) is 24.0 Å². The van der Waals surface area contributed by atoms with Gasteiger partial charge in [0.05, 0.1) is 18.6 Å². The molecule has 1 aromatic rings. The fourth-order valence-electron chi connectivity index (χ4n) is 2.89. The zero-order chi connectivity index (χ0) is 15.1. The molecule has 3 atom stereocenters. The Hall–Kier alpha value is -1.39. The third-order valence-electron chi connectivity index (χ3n) is 4.11. The number of carbonyl (C=O) groups excluding carboxylic acids is 1. The first-order valence-corrected chi connectivity index (χ1v) is 7.69. The Morgan fingerprint density at radius 1 is 1.38 bits per heavy atom. The van der Waals surface area contributed by atoms with Crippen LogP contribution < -0.4 is 5.32 Å². The molecule has 0 saturated carbocycles. The van der Waals surface area contributed by atoms with Crippen LogP contribution in [-0.2, 0) is 20.7 Å². The number of hydrogen-bond acceptors (Lipinski definition) is 4. The first-order chi connectivity index (χ1) is 10.2. The van der Waals surface area contributed by atoms with Gasteiger partial charge in [0.2, 0.25) is 0 Å². The lowest BCUT2D eigenvalue weighted by Crippen LogP contribution is -2.43. The maximum Gasteiger partial charge on any atom is 0.311 e. The van der Waals surface area contributed by atoms with E-state index in [1.807, 2.05) is 37.3 Å². The van der Waals surface area contributed by atoms with Gasteiger partial charge in [0.15, 0.2) is 0 Å². The summed E-state index contributed by atoms with van der Waals surface area (Å²) in [7, 11) is 1.67. The zero-order valence-corrected chi connectivity index (χ0v) is 12.9. The number of esters is 1. The van der Waals surface area contributed by atoms with Gasteiger partial charge in [0.1, 0.15) is 0 Å². The SMILES string of the molecule is CO[C@@H]([C@@H]1CCCN1)[C@@H](C)C(=O)OCCc1ccccc1. The summed E-state index contributed by atoms with van der Waals surface area (Å²) in [6, 6.07) is 10.3. The summed E-state index contributed by atoms with van der Waals surface area (Å²) in [5.41, 5.74) is 1.18. The quantitative estimate of drug-likeness (QED) is 0.782. The lowest BCUT2D eigenvalue weighted by Gasteiger charge is -2.26. The van der Waals surface area contributed by atoms with Crippen molar-refractivity contribution in [3.05, 3.63) is 35.9 Å². The van der Waals surface area contributed by atoms with Crippen LogP contribution in [0.3, 0.4) is 0 Å². The van der Waals surface area contributed by atoms with Crippen LogP contribution in [0, 0.1) is 5.92 Å². The minimum Gasteiger partial charge on any atom is -0.465 e. The molecule has 0 aromatic heterocycles. The molecule has 1 aliphatic rings. The van der Waals surface area contributed by atoms with Gasteiger partial charge in [0, 0.05) is 19.6 Å². The monoisotopic (exact) mass is 291 g/mol. The van der Waals surface area contributed by atoms with E-state index < -0.39 is 0 Å². The van der Waals surface area contributed by atoms with E-state index in [1.165, 1.54) is 5.56 Å². The smallest absolute Gasteiger partial charge is 0.311 e. The molecule has 0 spiro atoms. The van der Waals surface area contributed by atoms with E-state index in [0.717, 1.165) is 25.8 Å². The number of carbonyl (C=O) groups is 1. The highest BCUT2D eigenvalue weighted by Crippen LogP contribution is 2.19. The molecule has 0 aliphatic carbocycles. The van der Waals surface area contributed by atoms with E-state index in [1.54, 1.807) is 7.11 Å². The first-order valence-electron chi connectivity index (χ1n) is 7.69. The van der Waals surface area contributed by atoms with E-state index >= 15 is 0 Å². The maximum absolute atomic E-state index is 12.2. The lowest BCUT2D eigenvalue weighted by atomic mass is 9.96. The summed E-state index contributed by atoms with van der Waals surface area (Å²) in [6.07, 6.45) is 2.83. The molecule has 1 N–H and O–H groups in total. The van der Waals surface area contributed by atoms with Crippen LogP contribution in [0.25, 0.3) is 0 Å². The van der Waals surface area contributed by atoms with Gasteiger partial charge in [-0.05, 0) is 31.9 Å². The molecule has 1 fully saturated rings. The molecule has 2 rings (SSSR count). The van der Waals surface area contributed by atoms with Gasteiger partial charge >= 0.3 is 5.97 Å². The minimum absolute atomic E-state index is 0.114. The molecular weight excluding hydrogens is 266 g/mol. The topological polar surface area (TPSA) is 47.6 Å². The van der Waals surface area contributed by atoms with Crippen molar-refractivity contribution in [3.63, 3.8) is 0 Å². The van der Waals surface area contributed by atoms with E-state index in [0.29, 0.717) is 6.61 Å². The number of nitrogens with one attached hydrogen (secondary N) is 1. The van der Waals surface area contributed by atoms with E-state index in [2.05, 4.69) is 5.32 Å². The van der Waals surface area contributed by atoms with Crippen molar-refractivity contribution < 1.29 is 14.3 Å². The summed E-state index contributed by atoms with van der Waals surface area (Å²) in [5, 5.41) is 3.39. The highest BCUT2D eigenvalue weighted by atomic mass is 16.5. The highest BCUT2D eigenvalue weighted by molar-refractivity contribution is 5.72. The van der Waals surface area contributed by atoms with Crippen LogP contribution >= 0.6 is 0 Å². The maximum atomic E-state index is 12.2. The molecule has 4 heteroatoms. The molecule has 0 bridgehead atoms. The number of ether oxygens (including phenoxy) is 2. The third-order valence-corrected chi connectivity index (χ3v) is 4.11. The predicted molar refractivity (Wildman–Crippen MR) is 82.1 cm³/mol. The molecule has 0 unspecified atom stereocenters. The van der Waals surface area contributed by atoms with Crippen molar-refractivity contribution in [2.45, 2.75) is 38.3 Å². The average molecular weight is 291 g/mol. The van der Waals surface area contributed by atoms with E-state index in [9.17, 15) is 4.79 Å². The van der Waals surface area contributed by atoms with Crippen molar-refractivity contribution in [3.8, 4) is 0 Å². The number of methoxy groups -OCH3 is 1. The van der Waals surface area contributed by atoms with Gasteiger partial charge < -0.3 is 14.8 Å². The number of hydrogen-bond donors (Lipinski definition) is 1. The summed E-state index contributed by atoms with van der Waals surface area (Å²) in [6.45, 7) is 3.31. The highest BCUT2D eigenvalue weighted by Gasteiger charge is 2.33. The third kappa shape index (κ3) is 4.55. The Morgan fingerprint density at radius 3 is 2.76 bits per heavy atom. The molecule has 1 heterocycles. The molecular formula is C17H25NO3. The van der Waals surface area contributed by atoms with Gasteiger partial charge in [-0.1, -0.05) is 30.3 Å². The molecule has 0 radical (unpaired) electrons. The van der Waals surface area contributed by atoms with Crippen LogP contribution in [0.15, 0.2) is 30.3 Å². The molecule has 1 aliphatic heterocycles. The van der Waals surface area contributed by atoms with Crippen molar-refractivity contribution >= 4 is 5.97 Å². The average Bonchev–Trinajstić information content (AvgIpc) is 3.03. The number of rotatable bonds is 7. The molecule has 116 valence electrons. The lowest BCUT2D eigenvalue weighted by molar-refractivity contribution is -0.153. The Labute approximate surface area is 126 Å². The molecule has 1 saturated heterocycles. The zero-order valence-electron chi connectivity index (χ0n) is 12.9. The van der Waals surface area contributed by atoms with Crippen LogP contribution in [0.1, 0.15) is 25.3 Å². The second-order valence-electron chi connectivity index (χ2n) is 5.59. The van der Waals surface area contributed by atoms with Gasteiger partial charge in [-0.3, -0.25) is 4.79 Å². The fraction of sp³-hybridized carbons (Fsp3) is 0.588. The normalized spacial score (nSPS) is 21.0. The van der Waals surface area contributed by atoms with Crippen molar-refractivity contribution in [1.29, 1.82) is 0 Å². The Balaban J connectivity index is 1.78. The van der Waals surface area contributed by atoms with Crippen molar-refractivity contribution in [1.82, 2.24) is 5.32 Å². The predicted octanol–water partition coefficient (Wildman–Crippen LogP) is 2.18. The second-order valence-corrected chi connectivity index (χ2v) is 5.59. The molecule has 4 nitrogen and oxygen atoms in total. The number of benzene rings is 1. The van der Waals surface area contributed by atoms with Gasteiger partial charge in [-0.25, -0.2) is 0 Å². The summed E-state index contributed by atoms with van der Waals surface area (Å²) in [4.78, 5) is 12.2. The van der Waals surface area contributed by atoms with Gasteiger partial charge in [0.25, 0.3) is 0 Å². The van der Waals surface area contributed by atoms with Crippen LogP contribution in [0.4, 0.5) is 0 Å². The molecule has 21 heavy (non-hydrogen) atoms. The van der Waals surface area contributed by atoms with Crippen LogP contribution in [-0.4, -0.2) is 38.4 Å². The molecule has 1 aromatic carbocycles. The standard InChI is InChI=1S/C17H25NO3/c1-13(16(20-2)15-9-6-11-18-15)17(19)21-12-10-14-7-4-3-5-8-14/h3-5,7-8,13,15-16,18H,6,9-12H2,1-2H3/t13-,15+,16-/m1/s1. The molecule has 0 amide bonds. The minimum atomic E-state index is -0.249. The second kappa shape index (κ2) is 8.15. The Morgan fingerprint density at radius 2 is 2.14 bits per heavy atom. The summed E-state index contributed by atoms with van der Waals surface area (Å²) >= 11 is 0. The fourth-order valence-corrected chi connectivity index (χ4v) is 2.89. The summed E-state index contributed by atoms with van der Waals surface area (Å²) < 4.78 is 10.9. The van der Waals surface area contributed by atoms with E-state index in [4.69, 9.17) is 9.47 Å². The van der Waals surface area contributed by atoms with Crippen LogP contribution in [0.2, 0.25) is 0 Å². The van der Waals surface area contributed by atoms with Crippen LogP contribution in [0.5, 0.6) is 0 Å². The van der Waals surface area contributed by atoms with Gasteiger partial charge in [-0.2, -0.15) is 0 Å². The largest absolute Gasteiger partial charge is 0.465 e. The summed E-state index contributed by atoms with van der Waals surface area (Å²) in [5.74, 6) is -0.423. The van der Waals surface area contributed by atoms with Crippen molar-refractivity contribution in [2.24, 2.45) is 5.92 Å².